The molecule has 1 aliphatic carbocycles. The fraction of sp³-hybridized carbons (Fsp3) is 0.333. The molecule has 1 heterocycles. The Hall–Kier alpha value is -2.48. The predicted molar refractivity (Wildman–Crippen MR) is 95.1 cm³/mol. The molecule has 0 bridgehead atoms. The monoisotopic (exact) mass is 380 g/mol. The summed E-state index contributed by atoms with van der Waals surface area (Å²) in [4.78, 5) is 25.4. The lowest BCUT2D eigenvalue weighted by Crippen LogP contribution is -2.19. The second-order valence-electron chi connectivity index (χ2n) is 6.28. The van der Waals surface area contributed by atoms with E-state index in [0.29, 0.717) is 16.5 Å². The van der Waals surface area contributed by atoms with Gasteiger partial charge in [-0.3, -0.25) is 9.59 Å². The maximum atomic E-state index is 12.5. The largest absolute Gasteiger partial charge is 0.435 e. The summed E-state index contributed by atoms with van der Waals surface area (Å²) in [5.74, 6) is -0.515. The van der Waals surface area contributed by atoms with Crippen LogP contribution in [0.2, 0.25) is 0 Å². The number of anilines is 1. The number of ether oxygens (including phenoxy) is 1. The van der Waals surface area contributed by atoms with Gasteiger partial charge in [0, 0.05) is 10.4 Å². The van der Waals surface area contributed by atoms with E-state index in [2.05, 4.69) is 17.0 Å². The molecule has 0 unspecified atom stereocenters. The van der Waals surface area contributed by atoms with Crippen LogP contribution in [0.1, 0.15) is 44.5 Å². The van der Waals surface area contributed by atoms with E-state index in [-0.39, 0.29) is 11.3 Å². The van der Waals surface area contributed by atoms with Gasteiger partial charge in [0.15, 0.2) is 0 Å². The molecule has 2 amide bonds. The third-order valence-electron chi connectivity index (χ3n) is 4.33. The summed E-state index contributed by atoms with van der Waals surface area (Å²) < 4.78 is 28.6. The summed E-state index contributed by atoms with van der Waals surface area (Å²) >= 11 is 1.37. The van der Waals surface area contributed by atoms with Crippen molar-refractivity contribution < 1.29 is 23.1 Å². The van der Waals surface area contributed by atoms with Gasteiger partial charge in [0.25, 0.3) is 11.8 Å². The fourth-order valence-electron chi connectivity index (χ4n) is 3.06. The molecule has 3 N–H and O–H groups in total. The minimum absolute atomic E-state index is 0.0325. The number of alkyl halides is 2. The molecule has 26 heavy (non-hydrogen) atoms. The number of halogens is 2. The van der Waals surface area contributed by atoms with Crippen molar-refractivity contribution in [3.63, 3.8) is 0 Å². The van der Waals surface area contributed by atoms with Crippen LogP contribution in [0.25, 0.3) is 0 Å². The van der Waals surface area contributed by atoms with Gasteiger partial charge in [-0.25, -0.2) is 0 Å². The van der Waals surface area contributed by atoms with Crippen molar-refractivity contribution in [1.82, 2.24) is 0 Å². The average Bonchev–Trinajstić information content (AvgIpc) is 2.91. The third-order valence-corrected chi connectivity index (χ3v) is 5.50. The van der Waals surface area contributed by atoms with Crippen molar-refractivity contribution in [2.75, 3.05) is 5.32 Å². The highest BCUT2D eigenvalue weighted by molar-refractivity contribution is 7.17. The van der Waals surface area contributed by atoms with Crippen molar-refractivity contribution in [2.45, 2.75) is 32.8 Å². The van der Waals surface area contributed by atoms with E-state index in [9.17, 15) is 18.4 Å². The normalized spacial score (nSPS) is 16.2. The first-order valence-corrected chi connectivity index (χ1v) is 8.97. The molecule has 138 valence electrons. The smallest absolute Gasteiger partial charge is 0.387 e. The molecule has 5 nitrogen and oxygen atoms in total. The van der Waals surface area contributed by atoms with Crippen LogP contribution in [0.4, 0.5) is 13.8 Å². The van der Waals surface area contributed by atoms with Gasteiger partial charge in [-0.1, -0.05) is 6.92 Å². The maximum Gasteiger partial charge on any atom is 0.387 e. The van der Waals surface area contributed by atoms with E-state index in [0.717, 1.165) is 29.7 Å². The summed E-state index contributed by atoms with van der Waals surface area (Å²) in [6, 6.07) is 5.34. The van der Waals surface area contributed by atoms with Crippen LogP contribution in [-0.4, -0.2) is 18.4 Å². The number of hydrogen-bond donors (Lipinski definition) is 2. The zero-order chi connectivity index (χ0) is 18.8. The van der Waals surface area contributed by atoms with Gasteiger partial charge in [0.1, 0.15) is 10.8 Å². The first-order valence-electron chi connectivity index (χ1n) is 8.15. The Kier molecular flexibility index (Phi) is 5.22. The number of nitrogens with two attached hydrogens (primary N) is 1. The predicted octanol–water partition coefficient (Wildman–Crippen LogP) is 3.83. The molecule has 0 spiro atoms. The fourth-order valence-corrected chi connectivity index (χ4v) is 4.47. The Morgan fingerprint density at radius 2 is 2.00 bits per heavy atom. The number of benzene rings is 1. The van der Waals surface area contributed by atoms with Crippen LogP contribution in [0.15, 0.2) is 24.3 Å². The number of carbonyl (C=O) groups is 2. The summed E-state index contributed by atoms with van der Waals surface area (Å²) in [6.45, 7) is -0.777. The van der Waals surface area contributed by atoms with E-state index >= 15 is 0 Å². The number of hydrogen-bond acceptors (Lipinski definition) is 4. The maximum absolute atomic E-state index is 12.5. The lowest BCUT2D eigenvalue weighted by Gasteiger charge is -2.18. The molecule has 0 saturated heterocycles. The molecule has 0 fully saturated rings. The molecule has 1 aromatic carbocycles. The van der Waals surface area contributed by atoms with E-state index < -0.39 is 18.4 Å². The number of fused-ring (bicyclic) bond motifs is 1. The molecule has 0 saturated carbocycles. The molecular formula is C18H18F2N2O3S. The van der Waals surface area contributed by atoms with Crippen molar-refractivity contribution in [2.24, 2.45) is 11.7 Å². The van der Waals surface area contributed by atoms with Gasteiger partial charge in [-0.15, -0.1) is 11.3 Å². The van der Waals surface area contributed by atoms with E-state index in [1.165, 1.54) is 35.6 Å². The van der Waals surface area contributed by atoms with Crippen molar-refractivity contribution in [3.05, 3.63) is 45.8 Å². The highest BCUT2D eigenvalue weighted by Crippen LogP contribution is 2.39. The number of rotatable bonds is 5. The molecular weight excluding hydrogens is 362 g/mol. The van der Waals surface area contributed by atoms with Gasteiger partial charge < -0.3 is 15.8 Å². The van der Waals surface area contributed by atoms with Crippen LogP contribution < -0.4 is 15.8 Å². The first kappa shape index (κ1) is 18.3. The summed E-state index contributed by atoms with van der Waals surface area (Å²) in [5, 5.41) is 3.17. The number of nitrogens with one attached hydrogen (secondary N) is 1. The molecule has 1 aromatic heterocycles. The van der Waals surface area contributed by atoms with Crippen LogP contribution >= 0.6 is 11.3 Å². The molecule has 3 rings (SSSR count). The minimum atomic E-state index is -2.92. The van der Waals surface area contributed by atoms with Gasteiger partial charge >= 0.3 is 6.61 Å². The van der Waals surface area contributed by atoms with E-state index in [1.54, 1.807) is 0 Å². The van der Waals surface area contributed by atoms with Gasteiger partial charge in [0.2, 0.25) is 0 Å². The van der Waals surface area contributed by atoms with Crippen molar-refractivity contribution in [3.8, 4) is 5.75 Å². The number of primary amides is 1. The van der Waals surface area contributed by atoms with Crippen LogP contribution in [0, 0.1) is 5.92 Å². The van der Waals surface area contributed by atoms with Gasteiger partial charge in [0.05, 0.1) is 5.56 Å². The number of carbonyl (C=O) groups excluding carboxylic acids is 2. The molecule has 1 atom stereocenters. The van der Waals surface area contributed by atoms with E-state index in [1.807, 2.05) is 0 Å². The standard InChI is InChI=1S/C18H18F2N2O3S/c1-9-2-7-12-13(8-9)26-17(14(12)15(21)23)22-16(24)10-3-5-11(6-4-10)25-18(19)20/h3-6,9,18H,2,7-8H2,1H3,(H2,21,23)(H,22,24)/t9-/m1/s1. The Morgan fingerprint density at radius 1 is 1.31 bits per heavy atom. The average molecular weight is 380 g/mol. The highest BCUT2D eigenvalue weighted by atomic mass is 32.1. The zero-order valence-corrected chi connectivity index (χ0v) is 14.9. The zero-order valence-electron chi connectivity index (χ0n) is 14.1. The van der Waals surface area contributed by atoms with E-state index in [4.69, 9.17) is 5.73 Å². The second kappa shape index (κ2) is 7.41. The Bertz CT molecular complexity index is 834. The number of thiophene rings is 1. The molecule has 1 aliphatic rings. The van der Waals surface area contributed by atoms with Crippen molar-refractivity contribution >= 4 is 28.2 Å². The Balaban J connectivity index is 1.82. The third kappa shape index (κ3) is 3.85. The van der Waals surface area contributed by atoms with Gasteiger partial charge in [-0.05, 0) is 55.0 Å². The summed E-state index contributed by atoms with van der Waals surface area (Å²) in [5.41, 5.74) is 7.10. The SMILES string of the molecule is C[C@@H]1CCc2c(sc(NC(=O)c3ccc(OC(F)F)cc3)c2C(N)=O)C1. The lowest BCUT2D eigenvalue weighted by molar-refractivity contribution is -0.0498. The van der Waals surface area contributed by atoms with Gasteiger partial charge in [-0.2, -0.15) is 8.78 Å². The van der Waals surface area contributed by atoms with Crippen LogP contribution in [0.3, 0.4) is 0 Å². The topological polar surface area (TPSA) is 81.4 Å². The van der Waals surface area contributed by atoms with Crippen molar-refractivity contribution in [1.29, 1.82) is 0 Å². The Morgan fingerprint density at radius 3 is 2.62 bits per heavy atom. The summed E-state index contributed by atoms with van der Waals surface area (Å²) in [7, 11) is 0. The van der Waals surface area contributed by atoms with Crippen LogP contribution in [-0.2, 0) is 12.8 Å². The summed E-state index contributed by atoms with van der Waals surface area (Å²) in [6.07, 6.45) is 2.60. The molecule has 2 aromatic rings. The van der Waals surface area contributed by atoms with Crippen LogP contribution in [0.5, 0.6) is 5.75 Å². The quantitative estimate of drug-likeness (QED) is 0.827. The first-order chi connectivity index (χ1) is 12.3. The molecule has 0 radical (unpaired) electrons. The minimum Gasteiger partial charge on any atom is -0.435 e. The second-order valence-corrected chi connectivity index (χ2v) is 7.38. The Labute approximate surface area is 153 Å². The number of amides is 2. The highest BCUT2D eigenvalue weighted by Gasteiger charge is 2.27. The lowest BCUT2D eigenvalue weighted by atomic mass is 9.88. The molecule has 0 aliphatic heterocycles. The molecule has 8 heteroatoms.